The molecule has 0 aliphatic heterocycles. The fourth-order valence-corrected chi connectivity index (χ4v) is 1.96. The van der Waals surface area contributed by atoms with Gasteiger partial charge in [0.05, 0.1) is 0 Å². The molecule has 2 aromatic rings. The zero-order chi connectivity index (χ0) is 13.8. The van der Waals surface area contributed by atoms with Gasteiger partial charge in [0.1, 0.15) is 0 Å². The number of hydrogen-bond acceptors (Lipinski definition) is 2. The molecular formula is C15H15ClN2O. The van der Waals surface area contributed by atoms with Gasteiger partial charge in [0.15, 0.2) is 0 Å². The number of nitrogens with two attached hydrogens (primary N) is 1. The third-order valence-corrected chi connectivity index (χ3v) is 3.40. The van der Waals surface area contributed by atoms with Crippen molar-refractivity contribution < 1.29 is 4.79 Å². The minimum Gasteiger partial charge on any atom is -0.381 e. The number of primary amides is 1. The van der Waals surface area contributed by atoms with Gasteiger partial charge in [-0.2, -0.15) is 0 Å². The van der Waals surface area contributed by atoms with Crippen LogP contribution < -0.4 is 11.1 Å². The summed E-state index contributed by atoms with van der Waals surface area (Å²) >= 11 is 6.06. The second kappa shape index (κ2) is 5.76. The largest absolute Gasteiger partial charge is 0.381 e. The van der Waals surface area contributed by atoms with Crippen LogP contribution in [0.15, 0.2) is 42.5 Å². The standard InChI is InChI=1S/C15H15ClN2O/c1-10-13(16)3-2-4-14(10)18-9-11-5-7-12(8-6-11)15(17)19/h2-8,18H,9H2,1H3,(H2,17,19). The first-order valence-corrected chi connectivity index (χ1v) is 6.33. The Morgan fingerprint density at radius 3 is 2.53 bits per heavy atom. The zero-order valence-corrected chi connectivity index (χ0v) is 11.4. The molecule has 2 aromatic carbocycles. The third kappa shape index (κ3) is 3.26. The van der Waals surface area contributed by atoms with Crippen LogP contribution in [0.1, 0.15) is 21.5 Å². The molecule has 2 rings (SSSR count). The molecule has 3 nitrogen and oxygen atoms in total. The van der Waals surface area contributed by atoms with Gasteiger partial charge in [-0.15, -0.1) is 0 Å². The van der Waals surface area contributed by atoms with Crippen molar-refractivity contribution in [3.8, 4) is 0 Å². The van der Waals surface area contributed by atoms with Crippen LogP contribution in [0.3, 0.4) is 0 Å². The molecule has 0 radical (unpaired) electrons. The second-order valence-corrected chi connectivity index (χ2v) is 4.73. The molecule has 19 heavy (non-hydrogen) atoms. The molecule has 4 heteroatoms. The number of halogens is 1. The summed E-state index contributed by atoms with van der Waals surface area (Å²) in [5, 5.41) is 4.06. The summed E-state index contributed by atoms with van der Waals surface area (Å²) in [6.45, 7) is 2.64. The van der Waals surface area contributed by atoms with Crippen LogP contribution in [0.25, 0.3) is 0 Å². The second-order valence-electron chi connectivity index (χ2n) is 4.33. The van der Waals surface area contributed by atoms with Gasteiger partial charge in [-0.3, -0.25) is 4.79 Å². The van der Waals surface area contributed by atoms with E-state index in [2.05, 4.69) is 5.32 Å². The Kier molecular flexibility index (Phi) is 4.07. The van der Waals surface area contributed by atoms with Gasteiger partial charge >= 0.3 is 0 Å². The van der Waals surface area contributed by atoms with Crippen molar-refractivity contribution >= 4 is 23.2 Å². The molecule has 0 unspecified atom stereocenters. The molecule has 3 N–H and O–H groups in total. The number of anilines is 1. The molecule has 0 aromatic heterocycles. The van der Waals surface area contributed by atoms with Crippen molar-refractivity contribution in [1.29, 1.82) is 0 Å². The van der Waals surface area contributed by atoms with E-state index >= 15 is 0 Å². The maximum atomic E-state index is 11.0. The van der Waals surface area contributed by atoms with Crippen LogP contribution in [0.5, 0.6) is 0 Å². The van der Waals surface area contributed by atoms with Crippen LogP contribution in [-0.2, 0) is 6.54 Å². The van der Waals surface area contributed by atoms with Crippen molar-refractivity contribution in [2.45, 2.75) is 13.5 Å². The highest BCUT2D eigenvalue weighted by molar-refractivity contribution is 6.31. The van der Waals surface area contributed by atoms with Crippen molar-refractivity contribution in [1.82, 2.24) is 0 Å². The van der Waals surface area contributed by atoms with Crippen molar-refractivity contribution in [2.75, 3.05) is 5.32 Å². The van der Waals surface area contributed by atoms with Crippen LogP contribution in [0.2, 0.25) is 5.02 Å². The summed E-state index contributed by atoms with van der Waals surface area (Å²) in [6, 6.07) is 13.0. The minimum absolute atomic E-state index is 0.412. The number of amides is 1. The summed E-state index contributed by atoms with van der Waals surface area (Å²) in [7, 11) is 0. The van der Waals surface area contributed by atoms with Gasteiger partial charge in [0, 0.05) is 22.8 Å². The smallest absolute Gasteiger partial charge is 0.248 e. The van der Waals surface area contributed by atoms with E-state index in [9.17, 15) is 4.79 Å². The van der Waals surface area contributed by atoms with Gasteiger partial charge in [-0.25, -0.2) is 0 Å². The average molecular weight is 275 g/mol. The zero-order valence-electron chi connectivity index (χ0n) is 10.6. The summed E-state index contributed by atoms with van der Waals surface area (Å²) < 4.78 is 0. The molecule has 98 valence electrons. The molecule has 0 saturated heterocycles. The Labute approximate surface area is 117 Å². The van der Waals surface area contributed by atoms with E-state index in [1.807, 2.05) is 37.3 Å². The first-order chi connectivity index (χ1) is 9.08. The quantitative estimate of drug-likeness (QED) is 0.898. The number of rotatable bonds is 4. The fourth-order valence-electron chi connectivity index (χ4n) is 1.78. The first kappa shape index (κ1) is 13.4. The number of carbonyl (C=O) groups excluding carboxylic acids is 1. The van der Waals surface area contributed by atoms with E-state index in [1.165, 1.54) is 0 Å². The van der Waals surface area contributed by atoms with Crippen LogP contribution in [0, 0.1) is 6.92 Å². The normalized spacial score (nSPS) is 10.2. The number of carbonyl (C=O) groups is 1. The molecule has 0 heterocycles. The SMILES string of the molecule is Cc1c(Cl)cccc1NCc1ccc(C(N)=O)cc1. The molecule has 0 fully saturated rings. The maximum absolute atomic E-state index is 11.0. The average Bonchev–Trinajstić information content (AvgIpc) is 2.41. The lowest BCUT2D eigenvalue weighted by atomic mass is 10.1. The van der Waals surface area contributed by atoms with E-state index < -0.39 is 5.91 Å². The Hall–Kier alpha value is -2.00. The lowest BCUT2D eigenvalue weighted by molar-refractivity contribution is 0.100. The molecule has 0 spiro atoms. The number of hydrogen-bond donors (Lipinski definition) is 2. The molecule has 0 aliphatic carbocycles. The van der Waals surface area contributed by atoms with Crippen molar-refractivity contribution in [3.63, 3.8) is 0 Å². The van der Waals surface area contributed by atoms with E-state index in [0.717, 1.165) is 21.8 Å². The summed E-state index contributed by atoms with van der Waals surface area (Å²) in [4.78, 5) is 11.0. The molecular weight excluding hydrogens is 260 g/mol. The van der Waals surface area contributed by atoms with Gasteiger partial charge in [0.25, 0.3) is 0 Å². The molecule has 0 atom stereocenters. The monoisotopic (exact) mass is 274 g/mol. The fraction of sp³-hybridized carbons (Fsp3) is 0.133. The summed E-state index contributed by atoms with van der Waals surface area (Å²) in [5.74, 6) is -0.412. The lowest BCUT2D eigenvalue weighted by Gasteiger charge is -2.10. The third-order valence-electron chi connectivity index (χ3n) is 2.99. The number of nitrogens with one attached hydrogen (secondary N) is 1. The summed E-state index contributed by atoms with van der Waals surface area (Å²) in [5.41, 5.74) is 8.82. The molecule has 1 amide bonds. The van der Waals surface area contributed by atoms with Gasteiger partial charge in [0.2, 0.25) is 5.91 Å². The van der Waals surface area contributed by atoms with Gasteiger partial charge in [-0.1, -0.05) is 29.8 Å². The maximum Gasteiger partial charge on any atom is 0.248 e. The van der Waals surface area contributed by atoms with E-state index in [4.69, 9.17) is 17.3 Å². The van der Waals surface area contributed by atoms with Crippen LogP contribution in [0.4, 0.5) is 5.69 Å². The number of benzene rings is 2. The van der Waals surface area contributed by atoms with Gasteiger partial charge in [-0.05, 0) is 42.3 Å². The highest BCUT2D eigenvalue weighted by Crippen LogP contribution is 2.23. The van der Waals surface area contributed by atoms with Crippen LogP contribution in [-0.4, -0.2) is 5.91 Å². The highest BCUT2D eigenvalue weighted by Gasteiger charge is 2.03. The van der Waals surface area contributed by atoms with Gasteiger partial charge < -0.3 is 11.1 Å². The minimum atomic E-state index is -0.412. The van der Waals surface area contributed by atoms with Crippen LogP contribution >= 0.6 is 11.6 Å². The van der Waals surface area contributed by atoms with E-state index in [0.29, 0.717) is 12.1 Å². The van der Waals surface area contributed by atoms with E-state index in [-0.39, 0.29) is 0 Å². The molecule has 0 saturated carbocycles. The lowest BCUT2D eigenvalue weighted by Crippen LogP contribution is -2.10. The first-order valence-electron chi connectivity index (χ1n) is 5.95. The molecule has 0 bridgehead atoms. The highest BCUT2D eigenvalue weighted by atomic mass is 35.5. The predicted octanol–water partition coefficient (Wildman–Crippen LogP) is 3.36. The summed E-state index contributed by atoms with van der Waals surface area (Å²) in [6.07, 6.45) is 0. The Morgan fingerprint density at radius 2 is 1.89 bits per heavy atom. The molecule has 0 aliphatic rings. The topological polar surface area (TPSA) is 55.1 Å². The Morgan fingerprint density at radius 1 is 1.21 bits per heavy atom. The van der Waals surface area contributed by atoms with E-state index in [1.54, 1.807) is 12.1 Å². The Bertz CT molecular complexity index is 594. The Balaban J connectivity index is 2.06. The van der Waals surface area contributed by atoms with Crippen molar-refractivity contribution in [3.05, 3.63) is 64.2 Å². The predicted molar refractivity (Wildman–Crippen MR) is 78.5 cm³/mol. The van der Waals surface area contributed by atoms with Crippen molar-refractivity contribution in [2.24, 2.45) is 5.73 Å².